The topological polar surface area (TPSA) is 80.5 Å². The van der Waals surface area contributed by atoms with Crippen LogP contribution in [0.5, 0.6) is 0 Å². The Morgan fingerprint density at radius 3 is 2.55 bits per heavy atom. The molecule has 0 unspecified atom stereocenters. The molecule has 2 N–H and O–H groups in total. The highest BCUT2D eigenvalue weighted by atomic mass is 32.2. The Balaban J connectivity index is 2.22. The first-order valence-corrected chi connectivity index (χ1v) is 7.91. The maximum atomic E-state index is 13.4. The lowest BCUT2D eigenvalue weighted by molar-refractivity contribution is 0.0744. The van der Waals surface area contributed by atoms with Crippen LogP contribution >= 0.6 is 0 Å². The molecule has 2 rings (SSSR count). The Morgan fingerprint density at radius 2 is 2.05 bits per heavy atom. The molecule has 20 heavy (non-hydrogen) atoms. The van der Waals surface area contributed by atoms with Crippen LogP contribution in [-0.4, -0.2) is 32.8 Å². The van der Waals surface area contributed by atoms with Gasteiger partial charge in [-0.1, -0.05) is 6.42 Å². The first-order chi connectivity index (χ1) is 9.27. The smallest absolute Gasteiger partial charge is 0.253 e. The summed E-state index contributed by atoms with van der Waals surface area (Å²) < 4.78 is 35.9. The average Bonchev–Trinajstić information content (AvgIpc) is 2.30. The normalized spacial score (nSPS) is 15.8. The predicted octanol–water partition coefficient (Wildman–Crippen LogP) is 1.35. The molecule has 0 spiro atoms. The van der Waals surface area contributed by atoms with E-state index in [0.717, 1.165) is 31.0 Å². The minimum atomic E-state index is -4.03. The van der Waals surface area contributed by atoms with Gasteiger partial charge in [0.1, 0.15) is 5.82 Å². The molecule has 7 heteroatoms. The molecule has 0 atom stereocenters. The number of rotatable bonds is 4. The number of amides is 1. The second-order valence-electron chi connectivity index (χ2n) is 5.20. The molecular formula is C13H17FN2O3S. The molecule has 0 aliphatic heterocycles. The molecule has 1 aliphatic carbocycles. The third kappa shape index (κ3) is 3.34. The zero-order valence-electron chi connectivity index (χ0n) is 11.2. The van der Waals surface area contributed by atoms with Crippen LogP contribution in [-0.2, 0) is 10.0 Å². The van der Waals surface area contributed by atoms with Gasteiger partial charge in [0.25, 0.3) is 5.91 Å². The number of sulfonamides is 1. The van der Waals surface area contributed by atoms with Crippen molar-refractivity contribution in [2.45, 2.75) is 24.2 Å². The van der Waals surface area contributed by atoms with Crippen molar-refractivity contribution < 1.29 is 17.6 Å². The second kappa shape index (κ2) is 5.49. The quantitative estimate of drug-likeness (QED) is 0.911. The first kappa shape index (κ1) is 14.9. The maximum Gasteiger partial charge on any atom is 0.253 e. The number of hydrogen-bond acceptors (Lipinski definition) is 3. The summed E-state index contributed by atoms with van der Waals surface area (Å²) in [5.74, 6) is -0.714. The van der Waals surface area contributed by atoms with Gasteiger partial charge < -0.3 is 4.90 Å². The second-order valence-corrected chi connectivity index (χ2v) is 6.76. The van der Waals surface area contributed by atoms with Gasteiger partial charge in [-0.25, -0.2) is 17.9 Å². The van der Waals surface area contributed by atoms with Gasteiger partial charge in [-0.2, -0.15) is 0 Å². The molecule has 0 heterocycles. The monoisotopic (exact) mass is 300 g/mol. The summed E-state index contributed by atoms with van der Waals surface area (Å²) in [5, 5.41) is 4.96. The minimum absolute atomic E-state index is 0.00384. The Labute approximate surface area is 117 Å². The molecule has 110 valence electrons. The van der Waals surface area contributed by atoms with E-state index in [1.54, 1.807) is 7.05 Å². The highest BCUT2D eigenvalue weighted by molar-refractivity contribution is 7.89. The predicted molar refractivity (Wildman–Crippen MR) is 72.1 cm³/mol. The van der Waals surface area contributed by atoms with Crippen LogP contribution < -0.4 is 5.14 Å². The van der Waals surface area contributed by atoms with E-state index in [9.17, 15) is 17.6 Å². The number of nitrogens with two attached hydrogens (primary N) is 1. The van der Waals surface area contributed by atoms with Crippen LogP contribution in [0.2, 0.25) is 0 Å². The number of primary sulfonamides is 1. The standard InChI is InChI=1S/C13H17FN2O3S/c1-16(8-9-3-2-4-9)13(17)10-5-11(14)7-12(6-10)20(15,18)19/h5-7,9H,2-4,8H2,1H3,(H2,15,18,19). The van der Waals surface area contributed by atoms with Crippen LogP contribution in [0.1, 0.15) is 29.6 Å². The third-order valence-corrected chi connectivity index (χ3v) is 4.44. The van der Waals surface area contributed by atoms with Crippen molar-refractivity contribution in [2.75, 3.05) is 13.6 Å². The van der Waals surface area contributed by atoms with E-state index in [2.05, 4.69) is 0 Å². The van der Waals surface area contributed by atoms with Gasteiger partial charge in [0.2, 0.25) is 10.0 Å². The number of hydrogen-bond donors (Lipinski definition) is 1. The summed E-state index contributed by atoms with van der Waals surface area (Å²) in [5.41, 5.74) is -0.00384. The number of benzene rings is 1. The van der Waals surface area contributed by atoms with Crippen LogP contribution in [0, 0.1) is 11.7 Å². The summed E-state index contributed by atoms with van der Waals surface area (Å²) >= 11 is 0. The van der Waals surface area contributed by atoms with Gasteiger partial charge in [-0.05, 0) is 37.0 Å². The molecule has 1 aromatic carbocycles. The molecule has 1 amide bonds. The van der Waals surface area contributed by atoms with E-state index in [4.69, 9.17) is 5.14 Å². The number of carbonyl (C=O) groups excluding carboxylic acids is 1. The number of halogens is 1. The third-order valence-electron chi connectivity index (χ3n) is 3.55. The summed E-state index contributed by atoms with van der Waals surface area (Å²) in [6.45, 7) is 0.597. The van der Waals surface area contributed by atoms with Crippen molar-refractivity contribution >= 4 is 15.9 Å². The Kier molecular flexibility index (Phi) is 4.10. The van der Waals surface area contributed by atoms with Crippen molar-refractivity contribution in [3.8, 4) is 0 Å². The van der Waals surface area contributed by atoms with Crippen LogP contribution in [0.4, 0.5) is 4.39 Å². The van der Waals surface area contributed by atoms with Crippen LogP contribution in [0.15, 0.2) is 23.1 Å². The average molecular weight is 300 g/mol. The maximum absolute atomic E-state index is 13.4. The summed E-state index contributed by atoms with van der Waals surface area (Å²) in [6, 6.07) is 2.93. The molecule has 0 bridgehead atoms. The van der Waals surface area contributed by atoms with Crippen molar-refractivity contribution in [1.82, 2.24) is 4.90 Å². The van der Waals surface area contributed by atoms with E-state index in [0.29, 0.717) is 12.5 Å². The molecule has 1 aliphatic rings. The lowest BCUT2D eigenvalue weighted by Gasteiger charge is -2.30. The van der Waals surface area contributed by atoms with Gasteiger partial charge >= 0.3 is 0 Å². The van der Waals surface area contributed by atoms with E-state index >= 15 is 0 Å². The highest BCUT2D eigenvalue weighted by Crippen LogP contribution is 2.27. The number of nitrogens with zero attached hydrogens (tertiary/aromatic N) is 1. The van der Waals surface area contributed by atoms with Gasteiger partial charge in [-0.3, -0.25) is 4.79 Å². The lowest BCUT2D eigenvalue weighted by atomic mass is 9.85. The van der Waals surface area contributed by atoms with E-state index in [1.165, 1.54) is 11.3 Å². The molecule has 0 aromatic heterocycles. The molecule has 0 saturated heterocycles. The largest absolute Gasteiger partial charge is 0.341 e. The Morgan fingerprint density at radius 1 is 1.40 bits per heavy atom. The molecule has 1 fully saturated rings. The fourth-order valence-corrected chi connectivity index (χ4v) is 2.78. The van der Waals surface area contributed by atoms with Gasteiger partial charge in [-0.15, -0.1) is 0 Å². The molecule has 1 saturated carbocycles. The van der Waals surface area contributed by atoms with Gasteiger partial charge in [0, 0.05) is 19.2 Å². The Hall–Kier alpha value is -1.47. The van der Waals surface area contributed by atoms with Crippen molar-refractivity contribution in [3.05, 3.63) is 29.6 Å². The molecule has 1 aromatic rings. The van der Waals surface area contributed by atoms with Crippen molar-refractivity contribution in [1.29, 1.82) is 0 Å². The summed E-state index contributed by atoms with van der Waals surface area (Å²) in [4.78, 5) is 13.3. The molecular weight excluding hydrogens is 283 g/mol. The first-order valence-electron chi connectivity index (χ1n) is 6.36. The zero-order chi connectivity index (χ0) is 14.9. The summed E-state index contributed by atoms with van der Waals surface area (Å²) in [6.07, 6.45) is 3.34. The fourth-order valence-electron chi connectivity index (χ4n) is 2.22. The minimum Gasteiger partial charge on any atom is -0.341 e. The van der Waals surface area contributed by atoms with E-state index in [-0.39, 0.29) is 5.56 Å². The van der Waals surface area contributed by atoms with Gasteiger partial charge in [0.05, 0.1) is 4.90 Å². The van der Waals surface area contributed by atoms with Crippen LogP contribution in [0.25, 0.3) is 0 Å². The SMILES string of the molecule is CN(CC1CCC1)C(=O)c1cc(F)cc(S(N)(=O)=O)c1. The molecule has 5 nitrogen and oxygen atoms in total. The van der Waals surface area contributed by atoms with E-state index < -0.39 is 26.6 Å². The van der Waals surface area contributed by atoms with Gasteiger partial charge in [0.15, 0.2) is 0 Å². The Bertz CT molecular complexity index is 627. The lowest BCUT2D eigenvalue weighted by Crippen LogP contribution is -2.34. The fraction of sp³-hybridized carbons (Fsp3) is 0.462. The zero-order valence-corrected chi connectivity index (χ0v) is 12.0. The summed E-state index contributed by atoms with van der Waals surface area (Å²) in [7, 11) is -2.41. The number of carbonyl (C=O) groups is 1. The van der Waals surface area contributed by atoms with Crippen molar-refractivity contribution in [3.63, 3.8) is 0 Å². The van der Waals surface area contributed by atoms with Crippen LogP contribution in [0.3, 0.4) is 0 Å². The van der Waals surface area contributed by atoms with E-state index in [1.807, 2.05) is 0 Å². The van der Waals surface area contributed by atoms with Crippen molar-refractivity contribution in [2.24, 2.45) is 11.1 Å². The highest BCUT2D eigenvalue weighted by Gasteiger charge is 2.23. The molecule has 0 radical (unpaired) electrons.